The molecule has 0 fully saturated rings. The normalized spacial score (nSPS) is 10.4. The minimum atomic E-state index is -0.556. The largest absolute Gasteiger partial charge is 0.421 e. The first-order chi connectivity index (χ1) is 11.7. The molecule has 0 spiro atoms. The summed E-state index contributed by atoms with van der Waals surface area (Å²) in [4.78, 5) is 11.6. The maximum absolute atomic E-state index is 12.9. The van der Waals surface area contributed by atoms with E-state index >= 15 is 0 Å². The van der Waals surface area contributed by atoms with Crippen molar-refractivity contribution in [1.29, 1.82) is 0 Å². The number of carbonyl (C=O) groups excluding carboxylic acids is 1. The minimum Gasteiger partial charge on any atom is -0.421 e. The van der Waals surface area contributed by atoms with E-state index in [9.17, 15) is 9.18 Å². The van der Waals surface area contributed by atoms with Gasteiger partial charge < -0.3 is 14.5 Å². The van der Waals surface area contributed by atoms with Crippen LogP contribution in [0.2, 0.25) is 0 Å². The van der Waals surface area contributed by atoms with E-state index in [0.29, 0.717) is 29.5 Å². The average molecular weight is 327 g/mol. The summed E-state index contributed by atoms with van der Waals surface area (Å²) in [6, 6.07) is 14.5. The molecule has 0 saturated carbocycles. The first-order valence-corrected chi connectivity index (χ1v) is 7.30. The first-order valence-electron chi connectivity index (χ1n) is 7.30. The maximum Gasteiger partial charge on any atom is 0.412 e. The van der Waals surface area contributed by atoms with Crippen LogP contribution in [0.3, 0.4) is 0 Å². The smallest absolute Gasteiger partial charge is 0.412 e. The lowest BCUT2D eigenvalue weighted by atomic mass is 10.2. The first kappa shape index (κ1) is 15.7. The van der Waals surface area contributed by atoms with E-state index < -0.39 is 6.09 Å². The van der Waals surface area contributed by atoms with Crippen LogP contribution in [0.1, 0.15) is 5.89 Å². The highest BCUT2D eigenvalue weighted by Gasteiger charge is 2.09. The second kappa shape index (κ2) is 7.36. The lowest BCUT2D eigenvalue weighted by Crippen LogP contribution is -2.28. The van der Waals surface area contributed by atoms with Gasteiger partial charge in [-0.2, -0.15) is 0 Å². The van der Waals surface area contributed by atoms with Gasteiger partial charge in [0.15, 0.2) is 0 Å². The van der Waals surface area contributed by atoms with Crippen molar-refractivity contribution >= 4 is 6.09 Å². The molecule has 0 bridgehead atoms. The van der Waals surface area contributed by atoms with Gasteiger partial charge in [-0.3, -0.25) is 0 Å². The Labute approximate surface area is 137 Å². The second-order valence-electron chi connectivity index (χ2n) is 4.89. The number of hydrogen-bond donors (Lipinski definition) is 1. The molecule has 0 saturated heterocycles. The predicted molar refractivity (Wildman–Crippen MR) is 83.9 cm³/mol. The summed E-state index contributed by atoms with van der Waals surface area (Å²) in [6.07, 6.45) is -0.197. The Hall–Kier alpha value is -3.22. The van der Waals surface area contributed by atoms with Gasteiger partial charge in [0.2, 0.25) is 11.8 Å². The number of aromatic nitrogens is 2. The third-order valence-electron chi connectivity index (χ3n) is 3.12. The number of ether oxygens (including phenoxy) is 1. The van der Waals surface area contributed by atoms with Crippen molar-refractivity contribution < 1.29 is 18.3 Å². The van der Waals surface area contributed by atoms with Crippen LogP contribution >= 0.6 is 0 Å². The van der Waals surface area contributed by atoms with Crippen molar-refractivity contribution in [1.82, 2.24) is 15.5 Å². The SMILES string of the molecule is O=C(NCCc1nnc(-c2ccc(F)cc2)o1)Oc1ccccc1. The van der Waals surface area contributed by atoms with Gasteiger partial charge in [-0.05, 0) is 36.4 Å². The quantitative estimate of drug-likeness (QED) is 0.778. The summed E-state index contributed by atoms with van der Waals surface area (Å²) in [5, 5.41) is 10.4. The molecule has 122 valence electrons. The molecule has 7 heteroatoms. The Bertz CT molecular complexity index is 803. The van der Waals surface area contributed by atoms with E-state index in [1.165, 1.54) is 12.1 Å². The molecular weight excluding hydrogens is 313 g/mol. The molecule has 0 aliphatic carbocycles. The summed E-state index contributed by atoms with van der Waals surface area (Å²) >= 11 is 0. The molecule has 0 atom stereocenters. The van der Waals surface area contributed by atoms with E-state index in [1.807, 2.05) is 6.07 Å². The number of nitrogens with zero attached hydrogens (tertiary/aromatic N) is 2. The minimum absolute atomic E-state index is 0.288. The molecule has 3 aromatic rings. The predicted octanol–water partition coefficient (Wildman–Crippen LogP) is 3.21. The van der Waals surface area contributed by atoms with Crippen molar-refractivity contribution in [2.45, 2.75) is 6.42 Å². The Kier molecular flexibility index (Phi) is 4.81. The zero-order chi connectivity index (χ0) is 16.8. The van der Waals surface area contributed by atoms with Gasteiger partial charge in [0.1, 0.15) is 11.6 Å². The fraction of sp³-hybridized carbons (Fsp3) is 0.118. The van der Waals surface area contributed by atoms with E-state index in [0.717, 1.165) is 0 Å². The van der Waals surface area contributed by atoms with Crippen LogP contribution in [0.5, 0.6) is 5.75 Å². The zero-order valence-corrected chi connectivity index (χ0v) is 12.6. The molecule has 1 N–H and O–H groups in total. The average Bonchev–Trinajstić information content (AvgIpc) is 3.05. The molecule has 0 aliphatic rings. The van der Waals surface area contributed by atoms with E-state index in [2.05, 4.69) is 15.5 Å². The summed E-state index contributed by atoms with van der Waals surface area (Å²) in [6.45, 7) is 0.288. The van der Waals surface area contributed by atoms with Crippen molar-refractivity contribution in [3.8, 4) is 17.2 Å². The standard InChI is InChI=1S/C17H14FN3O3/c18-13-8-6-12(7-9-13)16-21-20-15(24-16)10-11-19-17(22)23-14-4-2-1-3-5-14/h1-9H,10-11H2,(H,19,22). The van der Waals surface area contributed by atoms with Gasteiger partial charge >= 0.3 is 6.09 Å². The number of amides is 1. The Balaban J connectivity index is 1.49. The van der Waals surface area contributed by atoms with E-state index in [-0.39, 0.29) is 12.4 Å². The van der Waals surface area contributed by atoms with Crippen molar-refractivity contribution in [3.05, 3.63) is 66.3 Å². The molecule has 0 unspecified atom stereocenters. The molecule has 24 heavy (non-hydrogen) atoms. The van der Waals surface area contributed by atoms with Crippen LogP contribution in [0.4, 0.5) is 9.18 Å². The number of nitrogens with one attached hydrogen (secondary N) is 1. The lowest BCUT2D eigenvalue weighted by Gasteiger charge is -2.04. The third-order valence-corrected chi connectivity index (χ3v) is 3.12. The summed E-state index contributed by atoms with van der Waals surface area (Å²) in [7, 11) is 0. The number of benzene rings is 2. The van der Waals surface area contributed by atoms with Gasteiger partial charge in [-0.15, -0.1) is 10.2 Å². The van der Waals surface area contributed by atoms with Crippen LogP contribution in [0, 0.1) is 5.82 Å². The van der Waals surface area contributed by atoms with Crippen LogP contribution in [-0.4, -0.2) is 22.8 Å². The topological polar surface area (TPSA) is 77.3 Å². The summed E-state index contributed by atoms with van der Waals surface area (Å²) < 4.78 is 23.4. The molecule has 2 aromatic carbocycles. The molecular formula is C17H14FN3O3. The van der Waals surface area contributed by atoms with E-state index in [4.69, 9.17) is 9.15 Å². The van der Waals surface area contributed by atoms with Gasteiger partial charge in [0.25, 0.3) is 0 Å². The molecule has 0 aliphatic heterocycles. The van der Waals surface area contributed by atoms with Crippen LogP contribution in [0.25, 0.3) is 11.5 Å². The van der Waals surface area contributed by atoms with Gasteiger partial charge in [0.05, 0.1) is 0 Å². The molecule has 3 rings (SSSR count). The van der Waals surface area contributed by atoms with Gasteiger partial charge in [-0.25, -0.2) is 9.18 Å². The molecule has 6 nitrogen and oxygen atoms in total. The Morgan fingerprint density at radius 1 is 1.08 bits per heavy atom. The number of hydrogen-bond acceptors (Lipinski definition) is 5. The monoisotopic (exact) mass is 327 g/mol. The summed E-state index contributed by atoms with van der Waals surface area (Å²) in [5.74, 6) is 0.803. The lowest BCUT2D eigenvalue weighted by molar-refractivity contribution is 0.200. The van der Waals surface area contributed by atoms with Gasteiger partial charge in [-0.1, -0.05) is 18.2 Å². The zero-order valence-electron chi connectivity index (χ0n) is 12.6. The van der Waals surface area contributed by atoms with Crippen molar-refractivity contribution in [2.75, 3.05) is 6.54 Å². The van der Waals surface area contributed by atoms with Crippen LogP contribution in [0.15, 0.2) is 59.0 Å². The number of halogens is 1. The number of rotatable bonds is 5. The van der Waals surface area contributed by atoms with Crippen LogP contribution in [-0.2, 0) is 6.42 Å². The number of carbonyl (C=O) groups is 1. The molecule has 0 radical (unpaired) electrons. The molecule has 1 amide bonds. The highest BCUT2D eigenvalue weighted by atomic mass is 19.1. The van der Waals surface area contributed by atoms with E-state index in [1.54, 1.807) is 36.4 Å². The highest BCUT2D eigenvalue weighted by Crippen LogP contribution is 2.18. The fourth-order valence-electron chi connectivity index (χ4n) is 1.97. The Morgan fingerprint density at radius 2 is 1.83 bits per heavy atom. The van der Waals surface area contributed by atoms with Crippen LogP contribution < -0.4 is 10.1 Å². The Morgan fingerprint density at radius 3 is 2.58 bits per heavy atom. The molecule has 1 aromatic heterocycles. The second-order valence-corrected chi connectivity index (χ2v) is 4.89. The molecule has 1 heterocycles. The third kappa shape index (κ3) is 4.16. The van der Waals surface area contributed by atoms with Crippen molar-refractivity contribution in [3.63, 3.8) is 0 Å². The fourth-order valence-corrected chi connectivity index (χ4v) is 1.97. The van der Waals surface area contributed by atoms with Gasteiger partial charge in [0, 0.05) is 18.5 Å². The van der Waals surface area contributed by atoms with Crippen molar-refractivity contribution in [2.24, 2.45) is 0 Å². The maximum atomic E-state index is 12.9. The number of para-hydroxylation sites is 1. The highest BCUT2D eigenvalue weighted by molar-refractivity contribution is 5.70. The summed E-state index contributed by atoms with van der Waals surface area (Å²) in [5.41, 5.74) is 0.631.